The number of carboxylic acid groups (broad SMARTS) is 1. The van der Waals surface area contributed by atoms with E-state index in [0.717, 1.165) is 23.0 Å². The van der Waals surface area contributed by atoms with Gasteiger partial charge in [-0.15, -0.1) is 0 Å². The van der Waals surface area contributed by atoms with Crippen molar-refractivity contribution in [2.45, 2.75) is 25.8 Å². The zero-order valence-corrected chi connectivity index (χ0v) is 13.3. The van der Waals surface area contributed by atoms with Gasteiger partial charge >= 0.3 is 5.97 Å². The average molecular weight is 388 g/mol. The predicted molar refractivity (Wildman–Crippen MR) is 84.9 cm³/mol. The smallest absolute Gasteiger partial charge is 0.337 e. The Morgan fingerprint density at radius 2 is 2.20 bits per heavy atom. The highest BCUT2D eigenvalue weighted by atomic mass is 127. The minimum atomic E-state index is -1.03. The highest BCUT2D eigenvalue weighted by Gasteiger charge is 2.25. The predicted octanol–water partition coefficient (Wildman–Crippen LogP) is 2.32. The number of piperidine rings is 1. The van der Waals surface area contributed by atoms with Crippen LogP contribution in [0.25, 0.3) is 0 Å². The number of nitrogens with one attached hydrogen (secondary N) is 2. The molecule has 1 aromatic rings. The first-order valence-electron chi connectivity index (χ1n) is 6.54. The summed E-state index contributed by atoms with van der Waals surface area (Å²) in [5.74, 6) is -1.19. The molecule has 2 atom stereocenters. The van der Waals surface area contributed by atoms with Crippen molar-refractivity contribution in [3.05, 3.63) is 27.3 Å². The van der Waals surface area contributed by atoms with Gasteiger partial charge in [0.1, 0.15) is 0 Å². The Bertz CT molecular complexity index is 533. The fourth-order valence-corrected chi connectivity index (χ4v) is 2.90. The van der Waals surface area contributed by atoms with E-state index in [-0.39, 0.29) is 17.4 Å². The second-order valence-corrected chi connectivity index (χ2v) is 6.31. The number of amides is 1. The van der Waals surface area contributed by atoms with Crippen LogP contribution in [0.5, 0.6) is 0 Å². The Hall–Kier alpha value is -1.15. The van der Waals surface area contributed by atoms with Crippen molar-refractivity contribution in [1.82, 2.24) is 5.32 Å². The number of halogens is 1. The lowest BCUT2D eigenvalue weighted by atomic mass is 9.92. The highest BCUT2D eigenvalue weighted by molar-refractivity contribution is 14.1. The molecule has 1 aliphatic heterocycles. The number of aromatic carboxylic acids is 1. The summed E-state index contributed by atoms with van der Waals surface area (Å²) in [4.78, 5) is 23.5. The molecule has 0 aromatic heterocycles. The molecular formula is C14H17IN2O3. The molecule has 0 bridgehead atoms. The van der Waals surface area contributed by atoms with Crippen molar-refractivity contribution in [2.75, 3.05) is 11.9 Å². The van der Waals surface area contributed by atoms with Crippen molar-refractivity contribution in [3.8, 4) is 0 Å². The molecule has 0 spiro atoms. The van der Waals surface area contributed by atoms with E-state index in [2.05, 4.69) is 33.2 Å². The van der Waals surface area contributed by atoms with Gasteiger partial charge in [0.05, 0.1) is 11.3 Å². The fraction of sp³-hybridized carbons (Fsp3) is 0.429. The second kappa shape index (κ2) is 6.53. The van der Waals surface area contributed by atoms with Gasteiger partial charge in [0.15, 0.2) is 0 Å². The summed E-state index contributed by atoms with van der Waals surface area (Å²) in [5, 5.41) is 15.2. The molecule has 3 N–H and O–H groups in total. The van der Waals surface area contributed by atoms with E-state index in [1.807, 2.05) is 6.92 Å². The molecule has 6 heteroatoms. The molecule has 108 valence electrons. The Labute approximate surface area is 131 Å². The first-order valence-corrected chi connectivity index (χ1v) is 7.62. The SMILES string of the molecule is CC1CC(C(=O)Nc2ccc(I)cc2C(=O)O)CCN1. The van der Waals surface area contributed by atoms with Crippen molar-refractivity contribution in [1.29, 1.82) is 0 Å². The number of benzene rings is 1. The quantitative estimate of drug-likeness (QED) is 0.695. The molecule has 0 saturated carbocycles. The summed E-state index contributed by atoms with van der Waals surface area (Å²) in [6, 6.07) is 5.31. The van der Waals surface area contributed by atoms with Gasteiger partial charge in [-0.25, -0.2) is 4.79 Å². The minimum absolute atomic E-state index is 0.0628. The lowest BCUT2D eigenvalue weighted by molar-refractivity contribution is -0.120. The summed E-state index contributed by atoms with van der Waals surface area (Å²) in [5.41, 5.74) is 0.501. The number of hydrogen-bond donors (Lipinski definition) is 3. The summed E-state index contributed by atoms with van der Waals surface area (Å²) >= 11 is 2.05. The Kier molecular flexibility index (Phi) is 4.98. The summed E-state index contributed by atoms with van der Waals surface area (Å²) < 4.78 is 0.827. The van der Waals surface area contributed by atoms with Crippen LogP contribution in [0.4, 0.5) is 5.69 Å². The van der Waals surface area contributed by atoms with E-state index >= 15 is 0 Å². The van der Waals surface area contributed by atoms with Crippen LogP contribution in [0.3, 0.4) is 0 Å². The molecule has 1 aliphatic rings. The van der Waals surface area contributed by atoms with Gasteiger partial charge in [-0.2, -0.15) is 0 Å². The van der Waals surface area contributed by atoms with E-state index in [9.17, 15) is 14.7 Å². The van der Waals surface area contributed by atoms with Gasteiger partial charge in [0.2, 0.25) is 5.91 Å². The standard InChI is InChI=1S/C14H17IN2O3/c1-8-6-9(4-5-16-8)13(18)17-12-3-2-10(15)7-11(12)14(19)20/h2-3,7-9,16H,4-6H2,1H3,(H,17,18)(H,19,20). The Balaban J connectivity index is 2.13. The minimum Gasteiger partial charge on any atom is -0.478 e. The number of hydrogen-bond acceptors (Lipinski definition) is 3. The first-order chi connectivity index (χ1) is 9.47. The molecule has 20 heavy (non-hydrogen) atoms. The molecule has 1 fully saturated rings. The number of carbonyl (C=O) groups is 2. The third-order valence-electron chi connectivity index (χ3n) is 3.46. The number of carboxylic acids is 1. The van der Waals surface area contributed by atoms with Gasteiger partial charge in [-0.1, -0.05) is 0 Å². The van der Waals surface area contributed by atoms with Crippen LogP contribution in [0.15, 0.2) is 18.2 Å². The maximum absolute atomic E-state index is 12.2. The van der Waals surface area contributed by atoms with E-state index in [4.69, 9.17) is 0 Å². The molecule has 5 nitrogen and oxygen atoms in total. The lowest BCUT2D eigenvalue weighted by Gasteiger charge is -2.27. The zero-order chi connectivity index (χ0) is 14.7. The number of carbonyl (C=O) groups excluding carboxylic acids is 1. The van der Waals surface area contributed by atoms with Crippen LogP contribution in [-0.4, -0.2) is 29.6 Å². The van der Waals surface area contributed by atoms with Crippen LogP contribution in [0.1, 0.15) is 30.1 Å². The Morgan fingerprint density at radius 1 is 1.45 bits per heavy atom. The largest absolute Gasteiger partial charge is 0.478 e. The monoisotopic (exact) mass is 388 g/mol. The van der Waals surface area contributed by atoms with Gasteiger partial charge in [-0.3, -0.25) is 4.79 Å². The molecule has 0 radical (unpaired) electrons. The van der Waals surface area contributed by atoms with Gasteiger partial charge in [-0.05, 0) is 67.1 Å². The lowest BCUT2D eigenvalue weighted by Crippen LogP contribution is -2.40. The zero-order valence-electron chi connectivity index (χ0n) is 11.1. The van der Waals surface area contributed by atoms with E-state index in [1.165, 1.54) is 0 Å². The van der Waals surface area contributed by atoms with Crippen molar-refractivity contribution in [2.24, 2.45) is 5.92 Å². The average Bonchev–Trinajstić information content (AvgIpc) is 2.40. The van der Waals surface area contributed by atoms with Crippen LogP contribution >= 0.6 is 22.6 Å². The third-order valence-corrected chi connectivity index (χ3v) is 4.14. The van der Waals surface area contributed by atoms with Crippen molar-refractivity contribution >= 4 is 40.2 Å². The van der Waals surface area contributed by atoms with Crippen molar-refractivity contribution < 1.29 is 14.7 Å². The van der Waals surface area contributed by atoms with E-state index in [0.29, 0.717) is 11.7 Å². The topological polar surface area (TPSA) is 78.4 Å². The molecule has 1 amide bonds. The van der Waals surface area contributed by atoms with E-state index in [1.54, 1.807) is 18.2 Å². The van der Waals surface area contributed by atoms with Crippen LogP contribution < -0.4 is 10.6 Å². The maximum atomic E-state index is 12.2. The summed E-state index contributed by atoms with van der Waals surface area (Å²) in [6.07, 6.45) is 1.56. The van der Waals surface area contributed by atoms with E-state index < -0.39 is 5.97 Å². The maximum Gasteiger partial charge on any atom is 0.337 e. The van der Waals surface area contributed by atoms with Crippen LogP contribution in [0, 0.1) is 9.49 Å². The van der Waals surface area contributed by atoms with Gasteiger partial charge in [0, 0.05) is 15.5 Å². The van der Waals surface area contributed by atoms with Gasteiger partial charge in [0.25, 0.3) is 0 Å². The molecular weight excluding hydrogens is 371 g/mol. The highest BCUT2D eigenvalue weighted by Crippen LogP contribution is 2.22. The fourth-order valence-electron chi connectivity index (χ4n) is 2.41. The summed E-state index contributed by atoms with van der Waals surface area (Å²) in [7, 11) is 0. The molecule has 1 saturated heterocycles. The molecule has 1 aromatic carbocycles. The Morgan fingerprint density at radius 3 is 2.85 bits per heavy atom. The van der Waals surface area contributed by atoms with Gasteiger partial charge < -0.3 is 15.7 Å². The number of anilines is 1. The molecule has 1 heterocycles. The van der Waals surface area contributed by atoms with Crippen LogP contribution in [-0.2, 0) is 4.79 Å². The van der Waals surface area contributed by atoms with Crippen molar-refractivity contribution in [3.63, 3.8) is 0 Å². The molecule has 2 rings (SSSR count). The normalized spacial score (nSPS) is 22.3. The molecule has 0 aliphatic carbocycles. The van der Waals surface area contributed by atoms with Crippen LogP contribution in [0.2, 0.25) is 0 Å². The number of rotatable bonds is 3. The first kappa shape index (κ1) is 15.2. The summed E-state index contributed by atoms with van der Waals surface area (Å²) in [6.45, 7) is 2.87. The second-order valence-electron chi connectivity index (χ2n) is 5.06. The third kappa shape index (κ3) is 3.69. The molecule has 2 unspecified atom stereocenters.